The fourth-order valence-electron chi connectivity index (χ4n) is 2.58. The molecular formula is C16H20ClN3S. The third kappa shape index (κ3) is 5.14. The number of halogens is 1. The van der Waals surface area contributed by atoms with Gasteiger partial charge in [-0.2, -0.15) is 5.10 Å². The number of thiocarbonyl (C=S) groups is 1. The predicted octanol–water partition coefficient (Wildman–Crippen LogP) is 4.75. The van der Waals surface area contributed by atoms with Crippen LogP contribution in [-0.4, -0.2) is 10.8 Å². The number of benzene rings is 1. The molecule has 0 saturated heterocycles. The molecule has 3 nitrogen and oxygen atoms in total. The molecule has 0 unspecified atom stereocenters. The molecule has 1 aliphatic rings. The molecular weight excluding hydrogens is 302 g/mol. The van der Waals surface area contributed by atoms with Crippen molar-refractivity contribution in [2.45, 2.75) is 33.6 Å². The smallest absolute Gasteiger partial charge is 0.191 e. The monoisotopic (exact) mass is 321 g/mol. The van der Waals surface area contributed by atoms with E-state index in [0.29, 0.717) is 10.1 Å². The SMILES string of the molecule is CC1=CC(=NNC(=S)Nc2ccc(Cl)cc2)CC(C)(C)C1. The van der Waals surface area contributed by atoms with Gasteiger partial charge in [0.1, 0.15) is 0 Å². The zero-order valence-electron chi connectivity index (χ0n) is 12.5. The number of rotatable bonds is 2. The molecule has 0 aliphatic heterocycles. The fourth-order valence-corrected chi connectivity index (χ4v) is 2.87. The predicted molar refractivity (Wildman–Crippen MR) is 95.0 cm³/mol. The van der Waals surface area contributed by atoms with Crippen LogP contribution in [0.1, 0.15) is 33.6 Å². The van der Waals surface area contributed by atoms with Gasteiger partial charge in [-0.1, -0.05) is 31.0 Å². The normalized spacial score (nSPS) is 19.0. The minimum absolute atomic E-state index is 0.255. The van der Waals surface area contributed by atoms with Gasteiger partial charge in [-0.25, -0.2) is 0 Å². The molecule has 112 valence electrons. The Kier molecular flexibility index (Phi) is 5.01. The summed E-state index contributed by atoms with van der Waals surface area (Å²) in [5.74, 6) is 0. The third-order valence-corrected chi connectivity index (χ3v) is 3.68. The van der Waals surface area contributed by atoms with Gasteiger partial charge in [0.2, 0.25) is 0 Å². The van der Waals surface area contributed by atoms with Crippen LogP contribution in [0, 0.1) is 5.41 Å². The van der Waals surface area contributed by atoms with Crippen molar-refractivity contribution in [3.63, 3.8) is 0 Å². The summed E-state index contributed by atoms with van der Waals surface area (Å²) in [7, 11) is 0. The van der Waals surface area contributed by atoms with Crippen molar-refractivity contribution in [2.75, 3.05) is 5.32 Å². The summed E-state index contributed by atoms with van der Waals surface area (Å²) < 4.78 is 0. The fraction of sp³-hybridized carbons (Fsp3) is 0.375. The molecule has 1 aromatic rings. The van der Waals surface area contributed by atoms with Gasteiger partial charge in [-0.15, -0.1) is 0 Å². The molecule has 1 aliphatic carbocycles. The van der Waals surface area contributed by atoms with Gasteiger partial charge in [0.05, 0.1) is 5.71 Å². The van der Waals surface area contributed by atoms with Gasteiger partial charge in [0.25, 0.3) is 0 Å². The first-order valence-electron chi connectivity index (χ1n) is 6.90. The first-order valence-corrected chi connectivity index (χ1v) is 7.69. The number of nitrogens with zero attached hydrogens (tertiary/aromatic N) is 1. The summed E-state index contributed by atoms with van der Waals surface area (Å²) in [4.78, 5) is 0. The molecule has 1 aromatic carbocycles. The number of anilines is 1. The molecule has 5 heteroatoms. The molecule has 0 saturated carbocycles. The van der Waals surface area contributed by atoms with Crippen LogP contribution in [0.3, 0.4) is 0 Å². The largest absolute Gasteiger partial charge is 0.331 e. The van der Waals surface area contributed by atoms with Crippen LogP contribution in [0.25, 0.3) is 0 Å². The van der Waals surface area contributed by atoms with Crippen molar-refractivity contribution in [2.24, 2.45) is 10.5 Å². The lowest BCUT2D eigenvalue weighted by atomic mass is 9.77. The van der Waals surface area contributed by atoms with Crippen molar-refractivity contribution in [1.29, 1.82) is 0 Å². The van der Waals surface area contributed by atoms with Crippen molar-refractivity contribution in [1.82, 2.24) is 5.43 Å². The van der Waals surface area contributed by atoms with E-state index in [1.807, 2.05) is 24.3 Å². The van der Waals surface area contributed by atoms with E-state index in [1.54, 1.807) is 0 Å². The van der Waals surface area contributed by atoms with Crippen molar-refractivity contribution >= 4 is 40.3 Å². The number of allylic oxidation sites excluding steroid dienone is 2. The van der Waals surface area contributed by atoms with E-state index in [0.717, 1.165) is 24.2 Å². The van der Waals surface area contributed by atoms with Crippen LogP contribution < -0.4 is 10.7 Å². The summed E-state index contributed by atoms with van der Waals surface area (Å²) in [5, 5.41) is 8.65. The highest BCUT2D eigenvalue weighted by molar-refractivity contribution is 7.80. The first-order chi connectivity index (χ1) is 9.84. The molecule has 0 aromatic heterocycles. The van der Waals surface area contributed by atoms with Crippen LogP contribution >= 0.6 is 23.8 Å². The summed E-state index contributed by atoms with van der Waals surface area (Å²) in [5.41, 5.74) is 6.42. The molecule has 0 heterocycles. The maximum atomic E-state index is 5.85. The average Bonchev–Trinajstić information content (AvgIpc) is 2.37. The van der Waals surface area contributed by atoms with Crippen LogP contribution in [0.2, 0.25) is 5.02 Å². The lowest BCUT2D eigenvalue weighted by Crippen LogP contribution is -2.27. The number of nitrogens with one attached hydrogen (secondary N) is 2. The Hall–Kier alpha value is -1.39. The summed E-state index contributed by atoms with van der Waals surface area (Å²) in [6.45, 7) is 6.65. The summed E-state index contributed by atoms with van der Waals surface area (Å²) in [6, 6.07) is 7.37. The zero-order valence-corrected chi connectivity index (χ0v) is 14.1. The minimum atomic E-state index is 0.255. The Morgan fingerprint density at radius 2 is 1.90 bits per heavy atom. The van der Waals surface area contributed by atoms with E-state index < -0.39 is 0 Å². The van der Waals surface area contributed by atoms with E-state index in [4.69, 9.17) is 23.8 Å². The first kappa shape index (κ1) is 16.0. The van der Waals surface area contributed by atoms with Gasteiger partial charge < -0.3 is 5.32 Å². The Labute approximate surface area is 136 Å². The molecule has 0 bridgehead atoms. The van der Waals surface area contributed by atoms with Crippen LogP contribution in [0.4, 0.5) is 5.69 Å². The third-order valence-electron chi connectivity index (χ3n) is 3.23. The number of hydrazone groups is 1. The highest BCUT2D eigenvalue weighted by Gasteiger charge is 2.24. The molecule has 2 rings (SSSR count). The van der Waals surface area contributed by atoms with E-state index in [-0.39, 0.29) is 5.41 Å². The second-order valence-electron chi connectivity index (χ2n) is 6.18. The quantitative estimate of drug-likeness (QED) is 0.609. The van der Waals surface area contributed by atoms with E-state index >= 15 is 0 Å². The van der Waals surface area contributed by atoms with Gasteiger partial charge >= 0.3 is 0 Å². The van der Waals surface area contributed by atoms with E-state index in [2.05, 4.69) is 42.7 Å². The molecule has 0 amide bonds. The molecule has 2 N–H and O–H groups in total. The van der Waals surface area contributed by atoms with Crippen LogP contribution in [-0.2, 0) is 0 Å². The highest BCUT2D eigenvalue weighted by atomic mass is 35.5. The average molecular weight is 322 g/mol. The lowest BCUT2D eigenvalue weighted by Gasteiger charge is -2.29. The number of hydrogen-bond donors (Lipinski definition) is 2. The topological polar surface area (TPSA) is 36.4 Å². The molecule has 0 radical (unpaired) electrons. The maximum Gasteiger partial charge on any atom is 0.191 e. The maximum absolute atomic E-state index is 5.85. The van der Waals surface area contributed by atoms with E-state index in [1.165, 1.54) is 5.57 Å². The van der Waals surface area contributed by atoms with Crippen LogP contribution in [0.15, 0.2) is 41.0 Å². The van der Waals surface area contributed by atoms with Crippen molar-refractivity contribution in [3.8, 4) is 0 Å². The second kappa shape index (κ2) is 6.58. The zero-order chi connectivity index (χ0) is 15.5. The van der Waals surface area contributed by atoms with Gasteiger partial charge in [-0.3, -0.25) is 5.43 Å². The molecule has 0 atom stereocenters. The van der Waals surface area contributed by atoms with Gasteiger partial charge in [0.15, 0.2) is 5.11 Å². The lowest BCUT2D eigenvalue weighted by molar-refractivity contribution is 0.373. The van der Waals surface area contributed by atoms with Crippen molar-refractivity contribution < 1.29 is 0 Å². The Bertz CT molecular complexity index is 588. The Morgan fingerprint density at radius 3 is 2.52 bits per heavy atom. The highest BCUT2D eigenvalue weighted by Crippen LogP contribution is 2.33. The minimum Gasteiger partial charge on any atom is -0.331 e. The van der Waals surface area contributed by atoms with Gasteiger partial charge in [0, 0.05) is 10.7 Å². The molecule has 0 spiro atoms. The number of hydrogen-bond acceptors (Lipinski definition) is 2. The van der Waals surface area contributed by atoms with Gasteiger partial charge in [-0.05, 0) is 67.7 Å². The van der Waals surface area contributed by atoms with Crippen LogP contribution in [0.5, 0.6) is 0 Å². The summed E-state index contributed by atoms with van der Waals surface area (Å²) >= 11 is 11.1. The van der Waals surface area contributed by atoms with E-state index in [9.17, 15) is 0 Å². The second-order valence-corrected chi connectivity index (χ2v) is 7.03. The molecule has 21 heavy (non-hydrogen) atoms. The Morgan fingerprint density at radius 1 is 1.24 bits per heavy atom. The molecule has 0 fully saturated rings. The summed E-state index contributed by atoms with van der Waals surface area (Å²) in [6.07, 6.45) is 4.18. The van der Waals surface area contributed by atoms with Crippen molar-refractivity contribution in [3.05, 3.63) is 40.9 Å². The standard InChI is InChI=1S/C16H20ClN3S/c1-11-8-14(10-16(2,3)9-11)19-20-15(21)18-13-6-4-12(17)5-7-13/h4-8H,9-10H2,1-3H3,(H2,18,20,21). The Balaban J connectivity index is 1.95.